The summed E-state index contributed by atoms with van der Waals surface area (Å²) in [5, 5.41) is 0. The van der Waals surface area contributed by atoms with Crippen molar-refractivity contribution < 1.29 is 18.3 Å². The molecule has 2 aliphatic rings. The highest BCUT2D eigenvalue weighted by molar-refractivity contribution is 5.84. The molecule has 1 N–H and O–H groups in total. The van der Waals surface area contributed by atoms with Crippen LogP contribution in [0, 0.1) is 5.92 Å². The maximum Gasteiger partial charge on any atom is 0.260 e. The lowest BCUT2D eigenvalue weighted by Crippen LogP contribution is -2.49. The molecular formula is C28H28F2N6O2. The van der Waals surface area contributed by atoms with Gasteiger partial charge in [0.05, 0.1) is 24.3 Å². The van der Waals surface area contributed by atoms with Gasteiger partial charge in [-0.3, -0.25) is 19.7 Å². The number of benzene rings is 1. The molecule has 1 aromatic carbocycles. The van der Waals surface area contributed by atoms with Crippen LogP contribution in [0.2, 0.25) is 0 Å². The molecule has 8 nitrogen and oxygen atoms in total. The molecule has 1 amide bonds. The van der Waals surface area contributed by atoms with Gasteiger partial charge in [-0.2, -0.15) is 0 Å². The molecule has 3 aromatic heterocycles. The SMILES string of the molecule is COc1cnccc1-c1ccc2nc(Cc3cc(CN4CCN(C(=O)C5CC5(F)F)CC4)ccn3)[nH]c2c1. The van der Waals surface area contributed by atoms with E-state index in [9.17, 15) is 13.6 Å². The molecule has 0 spiro atoms. The Hall–Kier alpha value is -3.92. The van der Waals surface area contributed by atoms with E-state index in [1.54, 1.807) is 30.6 Å². The van der Waals surface area contributed by atoms with Crippen LogP contribution in [-0.2, 0) is 17.8 Å². The third-order valence-electron chi connectivity index (χ3n) is 7.29. The van der Waals surface area contributed by atoms with E-state index >= 15 is 0 Å². The predicted molar refractivity (Wildman–Crippen MR) is 138 cm³/mol. The van der Waals surface area contributed by atoms with Gasteiger partial charge in [0.1, 0.15) is 17.5 Å². The zero-order valence-corrected chi connectivity index (χ0v) is 21.0. The van der Waals surface area contributed by atoms with E-state index in [-0.39, 0.29) is 6.42 Å². The van der Waals surface area contributed by atoms with Gasteiger partial charge in [-0.15, -0.1) is 0 Å². The third-order valence-corrected chi connectivity index (χ3v) is 7.29. The van der Waals surface area contributed by atoms with Crippen molar-refractivity contribution in [2.75, 3.05) is 33.3 Å². The predicted octanol–water partition coefficient (Wildman–Crippen LogP) is 3.92. The number of rotatable bonds is 7. The lowest BCUT2D eigenvalue weighted by Gasteiger charge is -2.34. The van der Waals surface area contributed by atoms with Gasteiger partial charge in [-0.25, -0.2) is 13.8 Å². The summed E-state index contributed by atoms with van der Waals surface area (Å²) in [6.07, 6.45) is 5.50. The highest BCUT2D eigenvalue weighted by Crippen LogP contribution is 2.49. The van der Waals surface area contributed by atoms with Crippen molar-refractivity contribution >= 4 is 16.9 Å². The minimum atomic E-state index is -2.81. The number of ether oxygens (including phenoxy) is 1. The molecular weight excluding hydrogens is 490 g/mol. The van der Waals surface area contributed by atoms with Crippen molar-refractivity contribution in [1.82, 2.24) is 29.7 Å². The first-order valence-corrected chi connectivity index (χ1v) is 12.7. The van der Waals surface area contributed by atoms with Crippen molar-refractivity contribution in [2.24, 2.45) is 5.92 Å². The topological polar surface area (TPSA) is 87.2 Å². The third kappa shape index (κ3) is 4.96. The van der Waals surface area contributed by atoms with Crippen LogP contribution in [0.1, 0.15) is 23.5 Å². The van der Waals surface area contributed by atoms with Crippen molar-refractivity contribution in [3.05, 3.63) is 72.1 Å². The van der Waals surface area contributed by atoms with E-state index in [1.165, 1.54) is 0 Å². The zero-order chi connectivity index (χ0) is 26.3. The quantitative estimate of drug-likeness (QED) is 0.399. The molecule has 1 saturated heterocycles. The van der Waals surface area contributed by atoms with Crippen LogP contribution in [0.4, 0.5) is 8.78 Å². The fraction of sp³-hybridized carbons (Fsp3) is 0.357. The van der Waals surface area contributed by atoms with Gasteiger partial charge in [0.25, 0.3) is 5.92 Å². The highest BCUT2D eigenvalue weighted by atomic mass is 19.3. The number of H-pyrrole nitrogens is 1. The average molecular weight is 519 g/mol. The Morgan fingerprint density at radius 1 is 1.13 bits per heavy atom. The van der Waals surface area contributed by atoms with Gasteiger partial charge in [-0.05, 0) is 41.5 Å². The van der Waals surface area contributed by atoms with Crippen molar-refractivity contribution in [1.29, 1.82) is 0 Å². The van der Waals surface area contributed by atoms with E-state index in [2.05, 4.69) is 32.0 Å². The van der Waals surface area contributed by atoms with Crippen molar-refractivity contribution in [2.45, 2.75) is 25.3 Å². The highest BCUT2D eigenvalue weighted by Gasteiger charge is 2.62. The number of nitrogens with one attached hydrogen (secondary N) is 1. The number of aromatic amines is 1. The Balaban J connectivity index is 1.10. The van der Waals surface area contributed by atoms with Gasteiger partial charge in [0.15, 0.2) is 0 Å². The molecule has 4 heterocycles. The van der Waals surface area contributed by atoms with Crippen LogP contribution in [0.25, 0.3) is 22.2 Å². The van der Waals surface area contributed by atoms with E-state index in [0.717, 1.165) is 39.2 Å². The number of aromatic nitrogens is 4. The Kier molecular flexibility index (Phi) is 6.27. The molecule has 38 heavy (non-hydrogen) atoms. The summed E-state index contributed by atoms with van der Waals surface area (Å²) in [5.74, 6) is -2.78. The molecule has 0 bridgehead atoms. The lowest BCUT2D eigenvalue weighted by atomic mass is 10.1. The lowest BCUT2D eigenvalue weighted by molar-refractivity contribution is -0.136. The molecule has 1 aliphatic carbocycles. The van der Waals surface area contributed by atoms with Gasteiger partial charge in [0, 0.05) is 69.2 Å². The minimum Gasteiger partial charge on any atom is -0.494 e. The summed E-state index contributed by atoms with van der Waals surface area (Å²) in [5.41, 5.74) is 5.81. The summed E-state index contributed by atoms with van der Waals surface area (Å²) in [6.45, 7) is 3.01. The number of hydrogen-bond donors (Lipinski definition) is 1. The summed E-state index contributed by atoms with van der Waals surface area (Å²) in [6, 6.07) is 12.1. The molecule has 1 saturated carbocycles. The standard InChI is InChI=1S/C28H28F2N6O2/c1-38-25-16-31-6-5-21(25)19-2-3-23-24(13-19)34-26(33-23)14-20-12-18(4-7-32-20)17-35-8-10-36(11-9-35)27(37)22-15-28(22,29)30/h2-7,12-13,16,22H,8-11,14-15,17H2,1H3,(H,33,34). The van der Waals surface area contributed by atoms with E-state index in [4.69, 9.17) is 9.72 Å². The second kappa shape index (κ2) is 9.75. The maximum atomic E-state index is 13.3. The largest absolute Gasteiger partial charge is 0.494 e. The van der Waals surface area contributed by atoms with Gasteiger partial charge < -0.3 is 14.6 Å². The van der Waals surface area contributed by atoms with E-state index in [0.29, 0.717) is 44.9 Å². The minimum absolute atomic E-state index is 0.308. The Morgan fingerprint density at radius 2 is 1.95 bits per heavy atom. The van der Waals surface area contributed by atoms with Crippen LogP contribution >= 0.6 is 0 Å². The average Bonchev–Trinajstić information content (AvgIpc) is 3.38. The summed E-state index contributed by atoms with van der Waals surface area (Å²) >= 11 is 0. The van der Waals surface area contributed by atoms with E-state index in [1.807, 2.05) is 24.3 Å². The Labute approximate surface area is 218 Å². The second-order valence-electron chi connectivity index (χ2n) is 9.94. The number of alkyl halides is 2. The Morgan fingerprint density at radius 3 is 2.71 bits per heavy atom. The van der Waals surface area contributed by atoms with Crippen molar-refractivity contribution in [3.63, 3.8) is 0 Å². The first kappa shape index (κ1) is 24.4. The molecule has 0 radical (unpaired) electrons. The number of carbonyl (C=O) groups excluding carboxylic acids is 1. The van der Waals surface area contributed by atoms with Gasteiger partial charge in [-0.1, -0.05) is 6.07 Å². The van der Waals surface area contributed by atoms with Crippen LogP contribution < -0.4 is 4.74 Å². The summed E-state index contributed by atoms with van der Waals surface area (Å²) < 4.78 is 32.0. The van der Waals surface area contributed by atoms with Crippen LogP contribution in [0.3, 0.4) is 0 Å². The molecule has 1 atom stereocenters. The number of nitrogens with zero attached hydrogens (tertiary/aromatic N) is 5. The number of hydrogen-bond acceptors (Lipinski definition) is 6. The van der Waals surface area contributed by atoms with Crippen molar-refractivity contribution in [3.8, 4) is 16.9 Å². The van der Waals surface area contributed by atoms with Gasteiger partial charge >= 0.3 is 0 Å². The Bertz CT molecular complexity index is 1480. The molecule has 2 fully saturated rings. The first-order chi connectivity index (χ1) is 18.4. The fourth-order valence-corrected chi connectivity index (χ4v) is 5.08. The first-order valence-electron chi connectivity index (χ1n) is 12.7. The maximum absolute atomic E-state index is 13.3. The molecule has 196 valence electrons. The monoisotopic (exact) mass is 518 g/mol. The van der Waals surface area contributed by atoms with Crippen LogP contribution in [0.15, 0.2) is 55.0 Å². The fourth-order valence-electron chi connectivity index (χ4n) is 5.08. The number of carbonyl (C=O) groups is 1. The summed E-state index contributed by atoms with van der Waals surface area (Å²) in [4.78, 5) is 32.9. The normalized spacial score (nSPS) is 19.0. The van der Waals surface area contributed by atoms with Crippen LogP contribution in [0.5, 0.6) is 5.75 Å². The molecule has 1 aliphatic heterocycles. The number of piperazine rings is 1. The van der Waals surface area contributed by atoms with Crippen LogP contribution in [-0.4, -0.2) is 74.9 Å². The number of fused-ring (bicyclic) bond motifs is 1. The van der Waals surface area contributed by atoms with Gasteiger partial charge in [0.2, 0.25) is 5.91 Å². The number of amides is 1. The number of methoxy groups -OCH3 is 1. The molecule has 4 aromatic rings. The number of imidazole rings is 1. The summed E-state index contributed by atoms with van der Waals surface area (Å²) in [7, 11) is 1.63. The second-order valence-corrected chi connectivity index (χ2v) is 9.94. The number of pyridine rings is 2. The van der Waals surface area contributed by atoms with E-state index < -0.39 is 17.7 Å². The molecule has 1 unspecified atom stereocenters. The zero-order valence-electron chi connectivity index (χ0n) is 21.0. The molecule has 10 heteroatoms. The smallest absolute Gasteiger partial charge is 0.260 e. The molecule has 6 rings (SSSR count). The number of halogens is 2.